The molecule has 0 saturated carbocycles. The fourth-order valence-electron chi connectivity index (χ4n) is 2.87. The lowest BCUT2D eigenvalue weighted by Gasteiger charge is -2.18. The molecule has 1 atom stereocenters. The molecule has 0 saturated heterocycles. The van der Waals surface area contributed by atoms with Crippen molar-refractivity contribution in [1.29, 1.82) is 0 Å². The molecule has 0 aromatic heterocycles. The first-order chi connectivity index (χ1) is 14.4. The Morgan fingerprint density at radius 1 is 1.00 bits per heavy atom. The Kier molecular flexibility index (Phi) is 9.19. The highest BCUT2D eigenvalue weighted by atomic mass is 16.5. The predicted octanol–water partition coefficient (Wildman–Crippen LogP) is 4.12. The Labute approximate surface area is 179 Å². The van der Waals surface area contributed by atoms with Crippen LogP contribution in [0.1, 0.15) is 55.6 Å². The van der Waals surface area contributed by atoms with Crippen molar-refractivity contribution < 1.29 is 19.1 Å². The Balaban J connectivity index is 1.78. The Bertz CT molecular complexity index is 821. The number of carbonyl (C=O) groups excluding carboxylic acids is 2. The molecule has 2 amide bonds. The van der Waals surface area contributed by atoms with Crippen LogP contribution in [-0.2, 0) is 4.79 Å². The van der Waals surface area contributed by atoms with E-state index < -0.39 is 0 Å². The van der Waals surface area contributed by atoms with Gasteiger partial charge in [0.1, 0.15) is 0 Å². The minimum atomic E-state index is -0.163. The average molecular weight is 413 g/mol. The van der Waals surface area contributed by atoms with E-state index in [0.29, 0.717) is 49.0 Å². The summed E-state index contributed by atoms with van der Waals surface area (Å²) in [5.41, 5.74) is 1.56. The molecular formula is C24H32N2O4. The minimum absolute atomic E-state index is 0.0597. The average Bonchev–Trinajstić information content (AvgIpc) is 2.75. The number of nitrogens with one attached hydrogen (secondary N) is 2. The molecular weight excluding hydrogens is 380 g/mol. The van der Waals surface area contributed by atoms with Crippen LogP contribution < -0.4 is 20.1 Å². The molecule has 0 spiro atoms. The lowest BCUT2D eigenvalue weighted by atomic mass is 10.1. The van der Waals surface area contributed by atoms with Crippen LogP contribution in [0.5, 0.6) is 11.5 Å². The van der Waals surface area contributed by atoms with Gasteiger partial charge in [-0.1, -0.05) is 38.1 Å². The Hall–Kier alpha value is -3.02. The first-order valence-electron chi connectivity index (χ1n) is 10.3. The number of amides is 2. The van der Waals surface area contributed by atoms with Crippen LogP contribution in [0.2, 0.25) is 0 Å². The van der Waals surface area contributed by atoms with Crippen LogP contribution in [-0.4, -0.2) is 32.1 Å². The van der Waals surface area contributed by atoms with E-state index in [4.69, 9.17) is 9.47 Å². The summed E-state index contributed by atoms with van der Waals surface area (Å²) in [4.78, 5) is 24.3. The number of benzene rings is 2. The summed E-state index contributed by atoms with van der Waals surface area (Å²) in [6.07, 6.45) is 0.911. The summed E-state index contributed by atoms with van der Waals surface area (Å²) in [6, 6.07) is 14.6. The molecule has 30 heavy (non-hydrogen) atoms. The lowest BCUT2D eigenvalue weighted by Crippen LogP contribution is -2.29. The molecule has 2 aromatic carbocycles. The zero-order valence-corrected chi connectivity index (χ0v) is 18.2. The van der Waals surface area contributed by atoms with Gasteiger partial charge in [0.25, 0.3) is 5.91 Å². The third-order valence-electron chi connectivity index (χ3n) is 4.54. The third-order valence-corrected chi connectivity index (χ3v) is 4.54. The van der Waals surface area contributed by atoms with Crippen LogP contribution in [0.4, 0.5) is 0 Å². The van der Waals surface area contributed by atoms with Crippen molar-refractivity contribution in [1.82, 2.24) is 10.6 Å². The van der Waals surface area contributed by atoms with Crippen molar-refractivity contribution in [3.05, 3.63) is 59.7 Å². The maximum absolute atomic E-state index is 12.3. The van der Waals surface area contributed by atoms with Crippen LogP contribution in [0.3, 0.4) is 0 Å². The van der Waals surface area contributed by atoms with Gasteiger partial charge in [0.15, 0.2) is 11.5 Å². The highest BCUT2D eigenvalue weighted by Gasteiger charge is 2.13. The van der Waals surface area contributed by atoms with Crippen molar-refractivity contribution in [3.8, 4) is 11.5 Å². The molecule has 1 unspecified atom stereocenters. The van der Waals surface area contributed by atoms with E-state index in [1.54, 1.807) is 19.2 Å². The molecule has 0 fully saturated rings. The summed E-state index contributed by atoms with van der Waals surface area (Å²) in [7, 11) is 1.61. The van der Waals surface area contributed by atoms with E-state index in [0.717, 1.165) is 5.56 Å². The van der Waals surface area contributed by atoms with Gasteiger partial charge in [-0.15, -0.1) is 0 Å². The van der Waals surface area contributed by atoms with Crippen molar-refractivity contribution in [2.24, 2.45) is 5.92 Å². The minimum Gasteiger partial charge on any atom is -0.493 e. The second kappa shape index (κ2) is 11.9. The van der Waals surface area contributed by atoms with Gasteiger partial charge in [-0.05, 0) is 49.1 Å². The molecule has 0 heterocycles. The summed E-state index contributed by atoms with van der Waals surface area (Å²) in [5, 5.41) is 5.82. The molecule has 6 heteroatoms. The highest BCUT2D eigenvalue weighted by Crippen LogP contribution is 2.30. The van der Waals surface area contributed by atoms with Gasteiger partial charge < -0.3 is 20.1 Å². The number of methoxy groups -OCH3 is 1. The van der Waals surface area contributed by atoms with E-state index in [1.165, 1.54) is 0 Å². The smallest absolute Gasteiger partial charge is 0.251 e. The quantitative estimate of drug-likeness (QED) is 0.545. The Morgan fingerprint density at radius 2 is 1.73 bits per heavy atom. The van der Waals surface area contributed by atoms with E-state index in [-0.39, 0.29) is 17.9 Å². The van der Waals surface area contributed by atoms with Gasteiger partial charge in [0, 0.05) is 18.5 Å². The number of ether oxygens (including phenoxy) is 2. The molecule has 2 N–H and O–H groups in total. The van der Waals surface area contributed by atoms with E-state index in [1.807, 2.05) is 43.3 Å². The maximum Gasteiger partial charge on any atom is 0.251 e. The van der Waals surface area contributed by atoms with Crippen molar-refractivity contribution in [2.75, 3.05) is 20.3 Å². The first kappa shape index (κ1) is 23.3. The maximum atomic E-state index is 12.3. The van der Waals surface area contributed by atoms with Crippen LogP contribution in [0, 0.1) is 5.92 Å². The topological polar surface area (TPSA) is 76.7 Å². The molecule has 0 bridgehead atoms. The molecule has 0 aliphatic rings. The van der Waals surface area contributed by atoms with E-state index in [9.17, 15) is 9.59 Å². The van der Waals surface area contributed by atoms with Gasteiger partial charge in [0.2, 0.25) is 5.91 Å². The van der Waals surface area contributed by atoms with Crippen molar-refractivity contribution in [3.63, 3.8) is 0 Å². The second-order valence-electron chi connectivity index (χ2n) is 7.63. The zero-order chi connectivity index (χ0) is 21.9. The van der Waals surface area contributed by atoms with Crippen LogP contribution >= 0.6 is 0 Å². The standard InChI is InChI=1S/C24H32N2O4/c1-17(2)16-30-21-13-12-20(15-22(21)29-4)18(3)26-23(27)11-8-14-25-24(28)19-9-6-5-7-10-19/h5-7,9-10,12-13,15,17-18H,8,11,14,16H2,1-4H3,(H,25,28)(H,26,27). The van der Waals surface area contributed by atoms with E-state index in [2.05, 4.69) is 24.5 Å². The predicted molar refractivity (Wildman–Crippen MR) is 118 cm³/mol. The van der Waals surface area contributed by atoms with Crippen LogP contribution in [0.15, 0.2) is 48.5 Å². The number of carbonyl (C=O) groups is 2. The summed E-state index contributed by atoms with van der Waals surface area (Å²) in [5.74, 6) is 1.58. The van der Waals surface area contributed by atoms with Gasteiger partial charge in [-0.2, -0.15) is 0 Å². The van der Waals surface area contributed by atoms with Gasteiger partial charge in [-0.25, -0.2) is 0 Å². The normalized spacial score (nSPS) is 11.6. The first-order valence-corrected chi connectivity index (χ1v) is 10.3. The van der Waals surface area contributed by atoms with Crippen molar-refractivity contribution >= 4 is 11.8 Å². The Morgan fingerprint density at radius 3 is 2.40 bits per heavy atom. The number of hydrogen-bond acceptors (Lipinski definition) is 4. The number of hydrogen-bond donors (Lipinski definition) is 2. The fourth-order valence-corrected chi connectivity index (χ4v) is 2.87. The second-order valence-corrected chi connectivity index (χ2v) is 7.63. The summed E-state index contributed by atoms with van der Waals surface area (Å²) < 4.78 is 11.2. The van der Waals surface area contributed by atoms with Gasteiger partial charge in [-0.3, -0.25) is 9.59 Å². The molecule has 2 rings (SSSR count). The molecule has 0 aliphatic heterocycles. The van der Waals surface area contributed by atoms with Gasteiger partial charge >= 0.3 is 0 Å². The largest absolute Gasteiger partial charge is 0.493 e. The monoisotopic (exact) mass is 412 g/mol. The van der Waals surface area contributed by atoms with E-state index >= 15 is 0 Å². The molecule has 2 aromatic rings. The fraction of sp³-hybridized carbons (Fsp3) is 0.417. The SMILES string of the molecule is COc1cc(C(C)NC(=O)CCCNC(=O)c2ccccc2)ccc1OCC(C)C. The summed E-state index contributed by atoms with van der Waals surface area (Å²) in [6.45, 7) is 7.17. The molecule has 0 aliphatic carbocycles. The molecule has 0 radical (unpaired) electrons. The van der Waals surface area contributed by atoms with Crippen molar-refractivity contribution in [2.45, 2.75) is 39.7 Å². The molecule has 6 nitrogen and oxygen atoms in total. The van der Waals surface area contributed by atoms with Crippen LogP contribution in [0.25, 0.3) is 0 Å². The number of rotatable bonds is 11. The lowest BCUT2D eigenvalue weighted by molar-refractivity contribution is -0.121. The third kappa shape index (κ3) is 7.43. The highest BCUT2D eigenvalue weighted by molar-refractivity contribution is 5.94. The summed E-state index contributed by atoms with van der Waals surface area (Å²) >= 11 is 0. The zero-order valence-electron chi connectivity index (χ0n) is 18.2. The van der Waals surface area contributed by atoms with Gasteiger partial charge in [0.05, 0.1) is 19.8 Å². The molecule has 162 valence electrons.